The first-order valence-electron chi connectivity index (χ1n) is 6.48. The number of halogens is 1. The molecule has 0 amide bonds. The van der Waals surface area contributed by atoms with E-state index in [-0.39, 0.29) is 12.1 Å². The van der Waals surface area contributed by atoms with Crippen LogP contribution in [0.3, 0.4) is 0 Å². The molecular formula is C13H24BrN3O. The van der Waals surface area contributed by atoms with Crippen LogP contribution >= 0.6 is 15.9 Å². The van der Waals surface area contributed by atoms with Gasteiger partial charge in [0, 0.05) is 13.7 Å². The Morgan fingerprint density at radius 1 is 1.50 bits per heavy atom. The summed E-state index contributed by atoms with van der Waals surface area (Å²) in [5, 5.41) is 7.79. The topological polar surface area (TPSA) is 39.1 Å². The van der Waals surface area contributed by atoms with E-state index in [0.717, 1.165) is 17.4 Å². The summed E-state index contributed by atoms with van der Waals surface area (Å²) in [5.74, 6) is 0.435. The van der Waals surface area contributed by atoms with Crippen LogP contribution in [-0.2, 0) is 11.3 Å². The fraction of sp³-hybridized carbons (Fsp3) is 0.769. The van der Waals surface area contributed by atoms with Gasteiger partial charge >= 0.3 is 0 Å². The summed E-state index contributed by atoms with van der Waals surface area (Å²) in [7, 11) is 3.73. The summed E-state index contributed by atoms with van der Waals surface area (Å²) in [6, 6.07) is 0.137. The maximum absolute atomic E-state index is 5.65. The highest BCUT2D eigenvalue weighted by atomic mass is 79.9. The summed E-state index contributed by atoms with van der Waals surface area (Å²) >= 11 is 3.60. The summed E-state index contributed by atoms with van der Waals surface area (Å²) in [4.78, 5) is 0. The molecule has 5 heteroatoms. The van der Waals surface area contributed by atoms with Crippen molar-refractivity contribution in [1.82, 2.24) is 15.1 Å². The number of ether oxygens (including phenoxy) is 1. The Bertz CT molecular complexity index is 365. The second-order valence-electron chi connectivity index (χ2n) is 4.81. The first-order valence-corrected chi connectivity index (χ1v) is 7.27. The molecule has 0 aromatic carbocycles. The van der Waals surface area contributed by atoms with Gasteiger partial charge in [0.25, 0.3) is 0 Å². The van der Waals surface area contributed by atoms with Crippen LogP contribution in [0.2, 0.25) is 0 Å². The van der Waals surface area contributed by atoms with Gasteiger partial charge in [-0.25, -0.2) is 0 Å². The fourth-order valence-electron chi connectivity index (χ4n) is 2.32. The zero-order valence-electron chi connectivity index (χ0n) is 11.9. The zero-order valence-corrected chi connectivity index (χ0v) is 13.5. The molecule has 4 nitrogen and oxygen atoms in total. The largest absolute Gasteiger partial charge is 0.379 e. The lowest BCUT2D eigenvalue weighted by Crippen LogP contribution is -2.36. The van der Waals surface area contributed by atoms with E-state index in [2.05, 4.69) is 51.8 Å². The number of methoxy groups -OCH3 is 1. The van der Waals surface area contributed by atoms with Crippen molar-refractivity contribution < 1.29 is 4.74 Å². The fourth-order valence-corrected chi connectivity index (χ4v) is 2.86. The number of nitrogens with zero attached hydrogens (tertiary/aromatic N) is 2. The minimum atomic E-state index is 0.124. The van der Waals surface area contributed by atoms with Crippen molar-refractivity contribution in [2.75, 3.05) is 14.2 Å². The van der Waals surface area contributed by atoms with Crippen molar-refractivity contribution in [1.29, 1.82) is 0 Å². The molecule has 0 saturated heterocycles. The standard InChI is InChI=1S/C13H24BrN3O/c1-6-7-17-12(10(14)8-16-17)11(15-4)13(18-5)9(2)3/h8-9,11,13,15H,6-7H2,1-5H3. The quantitative estimate of drug-likeness (QED) is 0.840. The summed E-state index contributed by atoms with van der Waals surface area (Å²) in [5.41, 5.74) is 1.17. The molecule has 2 unspecified atom stereocenters. The molecule has 18 heavy (non-hydrogen) atoms. The molecule has 0 bridgehead atoms. The summed E-state index contributed by atoms with van der Waals surface area (Å²) in [6.45, 7) is 7.43. The van der Waals surface area contributed by atoms with E-state index >= 15 is 0 Å². The van der Waals surface area contributed by atoms with E-state index in [0.29, 0.717) is 5.92 Å². The maximum Gasteiger partial charge on any atom is 0.0804 e. The highest BCUT2D eigenvalue weighted by molar-refractivity contribution is 9.10. The minimum absolute atomic E-state index is 0.124. The molecule has 2 atom stereocenters. The SMILES string of the molecule is CCCn1ncc(Br)c1C(NC)C(OC)C(C)C. The van der Waals surface area contributed by atoms with Gasteiger partial charge in [0.15, 0.2) is 0 Å². The van der Waals surface area contributed by atoms with Crippen LogP contribution in [0.5, 0.6) is 0 Å². The molecule has 0 saturated carbocycles. The molecule has 104 valence electrons. The maximum atomic E-state index is 5.65. The van der Waals surface area contributed by atoms with E-state index in [9.17, 15) is 0 Å². The van der Waals surface area contributed by atoms with Crippen molar-refractivity contribution in [3.8, 4) is 0 Å². The summed E-state index contributed by atoms with van der Waals surface area (Å²) < 4.78 is 8.75. The molecule has 0 aliphatic carbocycles. The summed E-state index contributed by atoms with van der Waals surface area (Å²) in [6.07, 6.45) is 3.05. The molecule has 1 N–H and O–H groups in total. The van der Waals surface area contributed by atoms with Crippen LogP contribution in [0.15, 0.2) is 10.7 Å². The smallest absolute Gasteiger partial charge is 0.0804 e. The Kier molecular flexibility index (Phi) is 6.32. The lowest BCUT2D eigenvalue weighted by molar-refractivity contribution is 0.0321. The Labute approximate surface area is 118 Å². The first-order chi connectivity index (χ1) is 8.56. The van der Waals surface area contributed by atoms with E-state index in [1.54, 1.807) is 7.11 Å². The van der Waals surface area contributed by atoms with Crippen LogP contribution in [-0.4, -0.2) is 30.0 Å². The number of nitrogens with one attached hydrogen (secondary N) is 1. The van der Waals surface area contributed by atoms with Crippen LogP contribution in [0.4, 0.5) is 0 Å². The average Bonchev–Trinajstić information content (AvgIpc) is 2.68. The molecule has 1 aromatic heterocycles. The Morgan fingerprint density at radius 3 is 2.61 bits per heavy atom. The second-order valence-corrected chi connectivity index (χ2v) is 5.67. The molecule has 1 heterocycles. The highest BCUT2D eigenvalue weighted by Gasteiger charge is 2.29. The number of hydrogen-bond donors (Lipinski definition) is 1. The minimum Gasteiger partial charge on any atom is -0.379 e. The molecule has 0 aliphatic heterocycles. The Morgan fingerprint density at radius 2 is 2.17 bits per heavy atom. The van der Waals surface area contributed by atoms with Crippen LogP contribution in [0.25, 0.3) is 0 Å². The van der Waals surface area contributed by atoms with E-state index in [1.807, 2.05) is 13.2 Å². The van der Waals surface area contributed by atoms with Crippen molar-refractivity contribution >= 4 is 15.9 Å². The Hall–Kier alpha value is -0.390. The predicted octanol–water partition coefficient (Wildman–Crippen LogP) is 2.99. The molecule has 0 fully saturated rings. The van der Waals surface area contributed by atoms with Gasteiger partial charge in [0.05, 0.1) is 28.5 Å². The number of aromatic nitrogens is 2. The van der Waals surface area contributed by atoms with Gasteiger partial charge in [-0.3, -0.25) is 4.68 Å². The molecular weight excluding hydrogens is 294 g/mol. The van der Waals surface area contributed by atoms with Crippen LogP contribution in [0, 0.1) is 5.92 Å². The van der Waals surface area contributed by atoms with E-state index in [1.165, 1.54) is 5.69 Å². The van der Waals surface area contributed by atoms with Crippen molar-refractivity contribution in [2.45, 2.75) is 45.9 Å². The normalized spacial score (nSPS) is 15.1. The molecule has 0 spiro atoms. The third-order valence-corrected chi connectivity index (χ3v) is 3.74. The molecule has 0 radical (unpaired) electrons. The van der Waals surface area contributed by atoms with Gasteiger partial charge in [-0.1, -0.05) is 20.8 Å². The molecule has 1 aromatic rings. The zero-order chi connectivity index (χ0) is 13.7. The number of likely N-dealkylation sites (N-methyl/N-ethyl adjacent to an activating group) is 1. The predicted molar refractivity (Wildman–Crippen MR) is 77.7 cm³/mol. The van der Waals surface area contributed by atoms with Crippen molar-refractivity contribution in [3.63, 3.8) is 0 Å². The highest BCUT2D eigenvalue weighted by Crippen LogP contribution is 2.29. The van der Waals surface area contributed by atoms with Gasteiger partial charge in [-0.15, -0.1) is 0 Å². The van der Waals surface area contributed by atoms with E-state index in [4.69, 9.17) is 4.74 Å². The number of rotatable bonds is 7. The lowest BCUT2D eigenvalue weighted by atomic mass is 9.97. The van der Waals surface area contributed by atoms with Gasteiger partial charge in [-0.2, -0.15) is 5.10 Å². The monoisotopic (exact) mass is 317 g/mol. The van der Waals surface area contributed by atoms with Gasteiger partial charge in [0.2, 0.25) is 0 Å². The lowest BCUT2D eigenvalue weighted by Gasteiger charge is -2.29. The first kappa shape index (κ1) is 15.7. The second kappa shape index (κ2) is 7.26. The third-order valence-electron chi connectivity index (χ3n) is 3.13. The van der Waals surface area contributed by atoms with Crippen molar-refractivity contribution in [2.24, 2.45) is 5.92 Å². The number of aryl methyl sites for hydroxylation is 1. The Balaban J connectivity index is 3.10. The molecule has 0 aliphatic rings. The molecule has 1 rings (SSSR count). The third kappa shape index (κ3) is 3.33. The average molecular weight is 318 g/mol. The number of hydrogen-bond acceptors (Lipinski definition) is 3. The van der Waals surface area contributed by atoms with Crippen LogP contribution < -0.4 is 5.32 Å². The van der Waals surface area contributed by atoms with Gasteiger partial charge in [-0.05, 0) is 35.3 Å². The van der Waals surface area contributed by atoms with Crippen molar-refractivity contribution in [3.05, 3.63) is 16.4 Å². The van der Waals surface area contributed by atoms with Crippen LogP contribution in [0.1, 0.15) is 38.9 Å². The van der Waals surface area contributed by atoms with Gasteiger partial charge < -0.3 is 10.1 Å². The van der Waals surface area contributed by atoms with Gasteiger partial charge in [0.1, 0.15) is 0 Å². The van der Waals surface area contributed by atoms with E-state index < -0.39 is 0 Å².